The number of carbonyl (C=O) groups excluding carboxylic acids is 1. The highest BCUT2D eigenvalue weighted by Gasteiger charge is 2.05. The number of anilines is 1. The van der Waals surface area contributed by atoms with Gasteiger partial charge < -0.3 is 19.5 Å². The van der Waals surface area contributed by atoms with Gasteiger partial charge in [-0.25, -0.2) is 0 Å². The number of hydrogen-bond donors (Lipinski definition) is 2. The molecule has 7 heteroatoms. The minimum Gasteiger partial charge on any atom is -0.493 e. The molecule has 0 atom stereocenters. The van der Waals surface area contributed by atoms with Crippen LogP contribution in [0.15, 0.2) is 78.9 Å². The lowest BCUT2D eigenvalue weighted by Gasteiger charge is -2.10. The molecule has 0 aliphatic heterocycles. The Morgan fingerprint density at radius 2 is 1.55 bits per heavy atom. The first-order chi connectivity index (χ1) is 15.1. The van der Waals surface area contributed by atoms with Crippen molar-refractivity contribution in [2.24, 2.45) is 0 Å². The molecule has 0 radical (unpaired) electrons. The Balaban J connectivity index is 1.52. The molecule has 6 nitrogen and oxygen atoms in total. The number of methoxy groups -OCH3 is 2. The van der Waals surface area contributed by atoms with Crippen LogP contribution in [0.3, 0.4) is 0 Å². The normalized spacial score (nSPS) is 10.4. The van der Waals surface area contributed by atoms with E-state index in [9.17, 15) is 4.79 Å². The molecule has 158 valence electrons. The Hall–Kier alpha value is -3.84. The first-order valence-electron chi connectivity index (χ1n) is 9.42. The summed E-state index contributed by atoms with van der Waals surface area (Å²) in [5.74, 6) is 2.31. The number of nitrogens with one attached hydrogen (secondary N) is 2. The van der Waals surface area contributed by atoms with Crippen molar-refractivity contribution >= 4 is 35.0 Å². The third-order valence-electron chi connectivity index (χ3n) is 4.16. The summed E-state index contributed by atoms with van der Waals surface area (Å²) < 4.78 is 16.2. The van der Waals surface area contributed by atoms with Crippen molar-refractivity contribution in [1.29, 1.82) is 0 Å². The second-order valence-corrected chi connectivity index (χ2v) is 6.74. The molecular weight excluding hydrogens is 412 g/mol. The largest absolute Gasteiger partial charge is 0.493 e. The van der Waals surface area contributed by atoms with Crippen LogP contribution >= 0.6 is 12.2 Å². The van der Waals surface area contributed by atoms with Gasteiger partial charge in [-0.1, -0.05) is 24.3 Å². The lowest BCUT2D eigenvalue weighted by molar-refractivity contribution is -0.115. The summed E-state index contributed by atoms with van der Waals surface area (Å²) in [5.41, 5.74) is 1.52. The molecular formula is C24H22N2O4S. The molecule has 0 heterocycles. The van der Waals surface area contributed by atoms with Gasteiger partial charge in [-0.05, 0) is 72.4 Å². The summed E-state index contributed by atoms with van der Waals surface area (Å²) in [5, 5.41) is 5.77. The van der Waals surface area contributed by atoms with Gasteiger partial charge in [-0.15, -0.1) is 0 Å². The molecule has 0 aromatic heterocycles. The van der Waals surface area contributed by atoms with Crippen molar-refractivity contribution in [2.45, 2.75) is 0 Å². The van der Waals surface area contributed by atoms with E-state index in [0.717, 1.165) is 17.0 Å². The second kappa shape index (κ2) is 10.8. The van der Waals surface area contributed by atoms with Crippen molar-refractivity contribution in [3.63, 3.8) is 0 Å². The van der Waals surface area contributed by atoms with E-state index in [0.29, 0.717) is 17.2 Å². The molecule has 3 rings (SSSR count). The maximum absolute atomic E-state index is 12.2. The third kappa shape index (κ3) is 6.58. The molecule has 0 aliphatic rings. The van der Waals surface area contributed by atoms with E-state index in [4.69, 9.17) is 26.4 Å². The molecule has 0 bridgehead atoms. The monoisotopic (exact) mass is 434 g/mol. The van der Waals surface area contributed by atoms with Crippen molar-refractivity contribution < 1.29 is 19.0 Å². The van der Waals surface area contributed by atoms with Gasteiger partial charge in [-0.2, -0.15) is 0 Å². The highest BCUT2D eigenvalue weighted by atomic mass is 32.1. The summed E-state index contributed by atoms with van der Waals surface area (Å²) in [7, 11) is 3.13. The minimum atomic E-state index is -0.351. The zero-order chi connectivity index (χ0) is 22.1. The smallest absolute Gasteiger partial charge is 0.250 e. The molecule has 2 N–H and O–H groups in total. The van der Waals surface area contributed by atoms with Crippen LogP contribution in [0, 0.1) is 0 Å². The van der Waals surface area contributed by atoms with Gasteiger partial charge in [0.1, 0.15) is 11.5 Å². The molecule has 1 amide bonds. The highest BCUT2D eigenvalue weighted by molar-refractivity contribution is 7.80. The van der Waals surface area contributed by atoms with Crippen LogP contribution in [0.5, 0.6) is 23.0 Å². The Morgan fingerprint density at radius 1 is 0.871 bits per heavy atom. The van der Waals surface area contributed by atoms with E-state index in [-0.39, 0.29) is 11.0 Å². The minimum absolute atomic E-state index is 0.193. The first kappa shape index (κ1) is 21.9. The second-order valence-electron chi connectivity index (χ2n) is 6.33. The van der Waals surface area contributed by atoms with E-state index in [1.54, 1.807) is 32.4 Å². The molecule has 0 saturated carbocycles. The van der Waals surface area contributed by atoms with Crippen molar-refractivity contribution in [1.82, 2.24) is 5.32 Å². The van der Waals surface area contributed by atoms with E-state index in [2.05, 4.69) is 10.6 Å². The lowest BCUT2D eigenvalue weighted by atomic mass is 10.2. The van der Waals surface area contributed by atoms with Crippen LogP contribution in [-0.2, 0) is 4.79 Å². The molecule has 0 saturated heterocycles. The average Bonchev–Trinajstić information content (AvgIpc) is 2.79. The van der Waals surface area contributed by atoms with E-state index in [1.807, 2.05) is 60.7 Å². The molecule has 31 heavy (non-hydrogen) atoms. The summed E-state index contributed by atoms with van der Waals surface area (Å²) in [6, 6.07) is 22.1. The van der Waals surface area contributed by atoms with E-state index >= 15 is 0 Å². The fraction of sp³-hybridized carbons (Fsp3) is 0.0833. The van der Waals surface area contributed by atoms with Gasteiger partial charge in [-0.3, -0.25) is 10.1 Å². The topological polar surface area (TPSA) is 68.8 Å². The molecule has 0 fully saturated rings. The Kier molecular flexibility index (Phi) is 7.61. The quantitative estimate of drug-likeness (QED) is 0.402. The van der Waals surface area contributed by atoms with Gasteiger partial charge in [0.25, 0.3) is 0 Å². The number of ether oxygens (including phenoxy) is 3. The maximum atomic E-state index is 12.2. The SMILES string of the molecule is COc1ccc(/C=C/C(=O)NC(=S)Nc2ccc(Oc3ccccc3)cc2)cc1OC. The highest BCUT2D eigenvalue weighted by Crippen LogP contribution is 2.28. The van der Waals surface area contributed by atoms with Gasteiger partial charge in [0, 0.05) is 11.8 Å². The van der Waals surface area contributed by atoms with Crippen LogP contribution in [-0.4, -0.2) is 25.2 Å². The molecule has 0 aliphatic carbocycles. The van der Waals surface area contributed by atoms with Crippen molar-refractivity contribution in [3.8, 4) is 23.0 Å². The van der Waals surface area contributed by atoms with Gasteiger partial charge in [0.15, 0.2) is 16.6 Å². The van der Waals surface area contributed by atoms with Gasteiger partial charge in [0.2, 0.25) is 5.91 Å². The van der Waals surface area contributed by atoms with Crippen molar-refractivity contribution in [3.05, 3.63) is 84.4 Å². The summed E-state index contributed by atoms with van der Waals surface area (Å²) in [4.78, 5) is 12.2. The van der Waals surface area contributed by atoms with Crippen LogP contribution in [0.2, 0.25) is 0 Å². The predicted molar refractivity (Wildman–Crippen MR) is 126 cm³/mol. The summed E-state index contributed by atoms with van der Waals surface area (Å²) >= 11 is 5.21. The zero-order valence-corrected chi connectivity index (χ0v) is 17.9. The van der Waals surface area contributed by atoms with Crippen LogP contribution < -0.4 is 24.8 Å². The molecule has 0 spiro atoms. The summed E-state index contributed by atoms with van der Waals surface area (Å²) in [6.45, 7) is 0. The Labute approximate surface area is 186 Å². The number of hydrogen-bond acceptors (Lipinski definition) is 5. The Bertz CT molecular complexity index is 1070. The third-order valence-corrected chi connectivity index (χ3v) is 4.37. The molecule has 3 aromatic carbocycles. The fourth-order valence-electron chi connectivity index (χ4n) is 2.68. The number of rotatable bonds is 7. The fourth-order valence-corrected chi connectivity index (χ4v) is 2.89. The maximum Gasteiger partial charge on any atom is 0.250 e. The first-order valence-corrected chi connectivity index (χ1v) is 9.83. The number of carbonyl (C=O) groups is 1. The standard InChI is InChI=1S/C24H22N2O4S/c1-28-21-14-8-17(16-22(21)29-2)9-15-23(27)26-24(31)25-18-10-12-20(13-11-18)30-19-6-4-3-5-7-19/h3-16H,1-2H3,(H2,25,26,27,31)/b15-9+. The van der Waals surface area contributed by atoms with Gasteiger partial charge >= 0.3 is 0 Å². The number of benzene rings is 3. The number of para-hydroxylation sites is 1. The van der Waals surface area contributed by atoms with Crippen molar-refractivity contribution in [2.75, 3.05) is 19.5 Å². The summed E-state index contributed by atoms with van der Waals surface area (Å²) in [6.07, 6.45) is 3.06. The zero-order valence-electron chi connectivity index (χ0n) is 17.1. The predicted octanol–water partition coefficient (Wildman–Crippen LogP) is 5.02. The lowest BCUT2D eigenvalue weighted by Crippen LogP contribution is -2.32. The molecule has 3 aromatic rings. The number of amides is 1. The number of thiocarbonyl (C=S) groups is 1. The van der Waals surface area contributed by atoms with Crippen LogP contribution in [0.4, 0.5) is 5.69 Å². The Morgan fingerprint density at radius 3 is 2.23 bits per heavy atom. The average molecular weight is 435 g/mol. The van der Waals surface area contributed by atoms with E-state index < -0.39 is 0 Å². The van der Waals surface area contributed by atoms with Crippen LogP contribution in [0.25, 0.3) is 6.08 Å². The van der Waals surface area contributed by atoms with E-state index in [1.165, 1.54) is 6.08 Å². The van der Waals surface area contributed by atoms with Gasteiger partial charge in [0.05, 0.1) is 14.2 Å². The molecule has 0 unspecified atom stereocenters. The van der Waals surface area contributed by atoms with Crippen LogP contribution in [0.1, 0.15) is 5.56 Å².